The van der Waals surface area contributed by atoms with E-state index in [1.165, 1.54) is 18.4 Å². The summed E-state index contributed by atoms with van der Waals surface area (Å²) in [5, 5.41) is 2.91. The van der Waals surface area contributed by atoms with Gasteiger partial charge in [-0.1, -0.05) is 12.1 Å². The smallest absolute Gasteiger partial charge is 0.228 e. The topological polar surface area (TPSA) is 42.2 Å². The molecular weight excluding hydrogens is 245 g/mol. The molecule has 1 aromatic heterocycles. The maximum atomic E-state index is 12.9. The van der Waals surface area contributed by atoms with E-state index in [0.29, 0.717) is 5.76 Å². The standard InChI is InChI=1S/C15H16FNO2/c1-15(2,11-5-7-12(16)8-6-11)17-14(18)10-13-4-3-9-19-13/h3-9H,10H2,1-2H3,(H,17,18). The maximum absolute atomic E-state index is 12.9. The Kier molecular flexibility index (Phi) is 3.69. The Morgan fingerprint density at radius 3 is 2.53 bits per heavy atom. The van der Waals surface area contributed by atoms with Crippen molar-refractivity contribution in [2.45, 2.75) is 25.8 Å². The zero-order chi connectivity index (χ0) is 13.9. The van der Waals surface area contributed by atoms with Crippen molar-refractivity contribution in [1.82, 2.24) is 5.32 Å². The summed E-state index contributed by atoms with van der Waals surface area (Å²) < 4.78 is 18.0. The average molecular weight is 261 g/mol. The maximum Gasteiger partial charge on any atom is 0.228 e. The Morgan fingerprint density at radius 2 is 1.95 bits per heavy atom. The van der Waals surface area contributed by atoms with E-state index in [4.69, 9.17) is 4.42 Å². The lowest BCUT2D eigenvalue weighted by Gasteiger charge is -2.26. The molecule has 0 aliphatic carbocycles. The molecule has 0 radical (unpaired) electrons. The lowest BCUT2D eigenvalue weighted by molar-refractivity contribution is -0.122. The lowest BCUT2D eigenvalue weighted by atomic mass is 9.94. The van der Waals surface area contributed by atoms with Gasteiger partial charge in [0.2, 0.25) is 5.91 Å². The van der Waals surface area contributed by atoms with Gasteiger partial charge >= 0.3 is 0 Å². The molecule has 0 saturated carbocycles. The van der Waals surface area contributed by atoms with E-state index in [0.717, 1.165) is 5.56 Å². The Bertz CT molecular complexity index is 544. The van der Waals surface area contributed by atoms with Gasteiger partial charge in [-0.3, -0.25) is 4.79 Å². The second kappa shape index (κ2) is 5.26. The van der Waals surface area contributed by atoms with Crippen LogP contribution in [-0.4, -0.2) is 5.91 Å². The van der Waals surface area contributed by atoms with Crippen molar-refractivity contribution in [2.75, 3.05) is 0 Å². The quantitative estimate of drug-likeness (QED) is 0.919. The average Bonchev–Trinajstić information content (AvgIpc) is 2.81. The predicted octanol–water partition coefficient (Wildman–Crippen LogP) is 3.01. The van der Waals surface area contributed by atoms with Gasteiger partial charge < -0.3 is 9.73 Å². The van der Waals surface area contributed by atoms with Crippen molar-refractivity contribution >= 4 is 5.91 Å². The van der Waals surface area contributed by atoms with Gasteiger partial charge in [0, 0.05) is 0 Å². The first-order chi connectivity index (χ1) is 8.97. The third kappa shape index (κ3) is 3.44. The number of nitrogens with one attached hydrogen (secondary N) is 1. The molecule has 0 fully saturated rings. The Morgan fingerprint density at radius 1 is 1.26 bits per heavy atom. The van der Waals surface area contributed by atoms with Crippen LogP contribution in [0.5, 0.6) is 0 Å². The third-order valence-electron chi connectivity index (χ3n) is 2.93. The molecule has 0 aliphatic heterocycles. The summed E-state index contributed by atoms with van der Waals surface area (Å²) in [5.41, 5.74) is 0.291. The molecule has 0 unspecified atom stereocenters. The minimum absolute atomic E-state index is 0.135. The van der Waals surface area contributed by atoms with Gasteiger partial charge in [0.15, 0.2) is 0 Å². The molecule has 100 valence electrons. The van der Waals surface area contributed by atoms with Gasteiger partial charge in [0.1, 0.15) is 11.6 Å². The van der Waals surface area contributed by atoms with Gasteiger partial charge in [-0.2, -0.15) is 0 Å². The van der Waals surface area contributed by atoms with Crippen LogP contribution in [0.15, 0.2) is 47.1 Å². The van der Waals surface area contributed by atoms with Crippen molar-refractivity contribution in [3.05, 3.63) is 59.8 Å². The highest BCUT2D eigenvalue weighted by atomic mass is 19.1. The minimum atomic E-state index is -0.558. The van der Waals surface area contributed by atoms with Gasteiger partial charge in [0.25, 0.3) is 0 Å². The summed E-state index contributed by atoms with van der Waals surface area (Å²) in [6.07, 6.45) is 1.73. The molecule has 0 saturated heterocycles. The molecule has 3 nitrogen and oxygen atoms in total. The Balaban J connectivity index is 2.04. The number of benzene rings is 1. The van der Waals surface area contributed by atoms with Crippen LogP contribution in [0.2, 0.25) is 0 Å². The third-order valence-corrected chi connectivity index (χ3v) is 2.93. The van der Waals surface area contributed by atoms with Gasteiger partial charge in [-0.25, -0.2) is 4.39 Å². The summed E-state index contributed by atoms with van der Waals surface area (Å²) in [7, 11) is 0. The molecule has 1 N–H and O–H groups in total. The fraction of sp³-hybridized carbons (Fsp3) is 0.267. The molecule has 19 heavy (non-hydrogen) atoms. The molecule has 0 atom stereocenters. The van der Waals surface area contributed by atoms with Crippen molar-refractivity contribution in [1.29, 1.82) is 0 Å². The molecule has 0 aliphatic rings. The van der Waals surface area contributed by atoms with E-state index in [1.54, 1.807) is 24.3 Å². The molecule has 2 aromatic rings. The lowest BCUT2D eigenvalue weighted by Crippen LogP contribution is -2.41. The zero-order valence-electron chi connectivity index (χ0n) is 10.9. The van der Waals surface area contributed by atoms with E-state index < -0.39 is 5.54 Å². The number of halogens is 1. The molecule has 4 heteroatoms. The van der Waals surface area contributed by atoms with Crippen LogP contribution in [0.1, 0.15) is 25.2 Å². The van der Waals surface area contributed by atoms with Crippen LogP contribution < -0.4 is 5.32 Å². The van der Waals surface area contributed by atoms with Gasteiger partial charge in [-0.05, 0) is 43.7 Å². The van der Waals surface area contributed by atoms with Crippen LogP contribution in [-0.2, 0) is 16.8 Å². The largest absolute Gasteiger partial charge is 0.469 e. The van der Waals surface area contributed by atoms with E-state index in [1.807, 2.05) is 13.8 Å². The number of hydrogen-bond donors (Lipinski definition) is 1. The molecule has 1 heterocycles. The monoisotopic (exact) mass is 261 g/mol. The Labute approximate surface area is 111 Å². The first kappa shape index (κ1) is 13.3. The summed E-state index contributed by atoms with van der Waals surface area (Å²) >= 11 is 0. The van der Waals surface area contributed by atoms with E-state index in [-0.39, 0.29) is 18.1 Å². The predicted molar refractivity (Wildman–Crippen MR) is 70.0 cm³/mol. The highest BCUT2D eigenvalue weighted by Crippen LogP contribution is 2.20. The first-order valence-electron chi connectivity index (χ1n) is 6.07. The summed E-state index contributed by atoms with van der Waals surface area (Å²) in [4.78, 5) is 11.9. The van der Waals surface area contributed by atoms with Crippen LogP contribution in [0.25, 0.3) is 0 Å². The van der Waals surface area contributed by atoms with E-state index in [2.05, 4.69) is 5.32 Å². The molecule has 1 amide bonds. The number of carbonyl (C=O) groups is 1. The highest BCUT2D eigenvalue weighted by molar-refractivity contribution is 5.78. The second-order valence-electron chi connectivity index (χ2n) is 4.94. The fourth-order valence-electron chi connectivity index (χ4n) is 1.90. The number of rotatable bonds is 4. The number of hydrogen-bond acceptors (Lipinski definition) is 2. The van der Waals surface area contributed by atoms with Crippen LogP contribution in [0, 0.1) is 5.82 Å². The normalized spacial score (nSPS) is 11.3. The Hall–Kier alpha value is -2.10. The summed E-state index contributed by atoms with van der Waals surface area (Å²) in [6.45, 7) is 3.75. The van der Waals surface area contributed by atoms with Crippen molar-refractivity contribution in [3.8, 4) is 0 Å². The van der Waals surface area contributed by atoms with E-state index >= 15 is 0 Å². The summed E-state index contributed by atoms with van der Waals surface area (Å²) in [5.74, 6) is 0.193. The SMILES string of the molecule is CC(C)(NC(=O)Cc1ccco1)c1ccc(F)cc1. The highest BCUT2D eigenvalue weighted by Gasteiger charge is 2.23. The fourth-order valence-corrected chi connectivity index (χ4v) is 1.90. The first-order valence-corrected chi connectivity index (χ1v) is 6.07. The number of furan rings is 1. The molecule has 0 spiro atoms. The van der Waals surface area contributed by atoms with E-state index in [9.17, 15) is 9.18 Å². The summed E-state index contributed by atoms with van der Waals surface area (Å²) in [6, 6.07) is 9.61. The van der Waals surface area contributed by atoms with Gasteiger partial charge in [0.05, 0.1) is 18.2 Å². The zero-order valence-corrected chi connectivity index (χ0v) is 10.9. The van der Waals surface area contributed by atoms with Crippen LogP contribution in [0.4, 0.5) is 4.39 Å². The van der Waals surface area contributed by atoms with Crippen molar-refractivity contribution in [3.63, 3.8) is 0 Å². The molecule has 0 bridgehead atoms. The molecule has 1 aromatic carbocycles. The van der Waals surface area contributed by atoms with Gasteiger partial charge in [-0.15, -0.1) is 0 Å². The van der Waals surface area contributed by atoms with Crippen molar-refractivity contribution < 1.29 is 13.6 Å². The van der Waals surface area contributed by atoms with Crippen molar-refractivity contribution in [2.24, 2.45) is 0 Å². The molecular formula is C15H16FNO2. The van der Waals surface area contributed by atoms with Crippen LogP contribution in [0.3, 0.4) is 0 Å². The minimum Gasteiger partial charge on any atom is -0.469 e. The number of amides is 1. The van der Waals surface area contributed by atoms with Crippen LogP contribution >= 0.6 is 0 Å². The number of carbonyl (C=O) groups excluding carboxylic acids is 1. The molecule has 2 rings (SSSR count). The second-order valence-corrected chi connectivity index (χ2v) is 4.94.